The van der Waals surface area contributed by atoms with Gasteiger partial charge in [-0.25, -0.2) is 13.8 Å². The molecule has 0 saturated heterocycles. The molecule has 3 N–H and O–H groups in total. The van der Waals surface area contributed by atoms with Crippen LogP contribution >= 0.6 is 24.0 Å². The van der Waals surface area contributed by atoms with Gasteiger partial charge in [-0.05, 0) is 0 Å². The van der Waals surface area contributed by atoms with Gasteiger partial charge in [-0.2, -0.15) is 0 Å². The Kier molecular flexibility index (Phi) is 3.82. The number of H-pyrrole nitrogens is 1. The second kappa shape index (κ2) is 5.19. The summed E-state index contributed by atoms with van der Waals surface area (Å²) < 4.78 is 26.0. The summed E-state index contributed by atoms with van der Waals surface area (Å²) in [6.07, 6.45) is 0. The molecule has 0 aliphatic carbocycles. The van der Waals surface area contributed by atoms with Gasteiger partial charge >= 0.3 is 0 Å². The fourth-order valence-corrected chi connectivity index (χ4v) is 2.46. The summed E-state index contributed by atoms with van der Waals surface area (Å²) in [5, 5.41) is 0.595. The molecule has 0 saturated carbocycles. The molecular weight excluding hydrogens is 276 g/mol. The van der Waals surface area contributed by atoms with Crippen LogP contribution in [0.3, 0.4) is 0 Å². The molecule has 0 amide bonds. The van der Waals surface area contributed by atoms with Gasteiger partial charge < -0.3 is 10.7 Å². The number of thiocarbonyl (C=S) groups is 1. The average Bonchev–Trinajstić information content (AvgIpc) is 2.68. The summed E-state index contributed by atoms with van der Waals surface area (Å²) in [6, 6.07) is 2.17. The molecule has 1 atom stereocenters. The predicted molar refractivity (Wildman–Crippen MR) is 72.7 cm³/mol. The quantitative estimate of drug-likeness (QED) is 0.670. The minimum atomic E-state index is -0.901. The zero-order valence-corrected chi connectivity index (χ0v) is 11.2. The Bertz CT molecular complexity index is 558. The molecule has 0 radical (unpaired) electrons. The van der Waals surface area contributed by atoms with Crippen LogP contribution in [0.5, 0.6) is 0 Å². The van der Waals surface area contributed by atoms with Crippen molar-refractivity contribution < 1.29 is 8.78 Å². The monoisotopic (exact) mass is 287 g/mol. The first kappa shape index (κ1) is 13.2. The van der Waals surface area contributed by atoms with E-state index >= 15 is 0 Å². The number of hydrogen-bond acceptors (Lipinski definition) is 3. The smallest absolute Gasteiger partial charge is 0.166 e. The second-order valence-corrected chi connectivity index (χ2v) is 5.42. The lowest BCUT2D eigenvalue weighted by Crippen LogP contribution is -2.20. The number of imidazole rings is 1. The third kappa shape index (κ3) is 2.78. The largest absolute Gasteiger partial charge is 0.393 e. The van der Waals surface area contributed by atoms with Crippen LogP contribution in [0.2, 0.25) is 0 Å². The van der Waals surface area contributed by atoms with Crippen molar-refractivity contribution in [2.75, 3.05) is 5.75 Å². The molecule has 0 aliphatic heterocycles. The lowest BCUT2D eigenvalue weighted by Gasteiger charge is -2.06. The summed E-state index contributed by atoms with van der Waals surface area (Å²) in [5.41, 5.74) is 6.38. The van der Waals surface area contributed by atoms with Gasteiger partial charge in [0.25, 0.3) is 0 Å². The lowest BCUT2D eigenvalue weighted by molar-refractivity contribution is 0.510. The van der Waals surface area contributed by atoms with E-state index in [1.807, 2.05) is 6.92 Å². The van der Waals surface area contributed by atoms with Crippen molar-refractivity contribution in [2.45, 2.75) is 12.1 Å². The molecule has 96 valence electrons. The van der Waals surface area contributed by atoms with Crippen molar-refractivity contribution in [2.24, 2.45) is 11.7 Å². The predicted octanol–water partition coefficient (Wildman–Crippen LogP) is 2.86. The van der Waals surface area contributed by atoms with Crippen LogP contribution in [-0.2, 0) is 0 Å². The van der Waals surface area contributed by atoms with Crippen LogP contribution < -0.4 is 5.73 Å². The first-order valence-electron chi connectivity index (χ1n) is 5.24. The topological polar surface area (TPSA) is 54.7 Å². The number of aromatic amines is 1. The van der Waals surface area contributed by atoms with Crippen LogP contribution in [0.15, 0.2) is 17.3 Å². The number of fused-ring (bicyclic) bond motifs is 1. The van der Waals surface area contributed by atoms with E-state index in [1.54, 1.807) is 0 Å². The number of thioether (sulfide) groups is 1. The van der Waals surface area contributed by atoms with Crippen molar-refractivity contribution in [1.82, 2.24) is 9.97 Å². The zero-order valence-electron chi connectivity index (χ0n) is 9.54. The Morgan fingerprint density at radius 2 is 2.17 bits per heavy atom. The number of nitrogens with one attached hydrogen (secondary N) is 1. The molecule has 1 heterocycles. The zero-order chi connectivity index (χ0) is 13.3. The summed E-state index contributed by atoms with van der Waals surface area (Å²) in [5.74, 6) is -1.05. The molecule has 1 aromatic heterocycles. The van der Waals surface area contributed by atoms with E-state index in [0.717, 1.165) is 12.1 Å². The van der Waals surface area contributed by atoms with Crippen molar-refractivity contribution in [3.05, 3.63) is 23.8 Å². The van der Waals surface area contributed by atoms with Crippen LogP contribution in [-0.4, -0.2) is 20.7 Å². The van der Waals surface area contributed by atoms with Gasteiger partial charge in [-0.3, -0.25) is 0 Å². The summed E-state index contributed by atoms with van der Waals surface area (Å²) >= 11 is 6.28. The number of aromatic nitrogens is 2. The highest BCUT2D eigenvalue weighted by atomic mass is 32.2. The first-order chi connectivity index (χ1) is 8.47. The Morgan fingerprint density at radius 3 is 2.83 bits per heavy atom. The normalized spacial score (nSPS) is 12.8. The van der Waals surface area contributed by atoms with Crippen LogP contribution in [0, 0.1) is 17.6 Å². The van der Waals surface area contributed by atoms with Gasteiger partial charge in [0.2, 0.25) is 0 Å². The van der Waals surface area contributed by atoms with Crippen LogP contribution in [0.25, 0.3) is 11.0 Å². The highest BCUT2D eigenvalue weighted by molar-refractivity contribution is 7.99. The van der Waals surface area contributed by atoms with E-state index in [-0.39, 0.29) is 5.92 Å². The summed E-state index contributed by atoms with van der Waals surface area (Å²) in [6.45, 7) is 1.91. The molecule has 1 aromatic carbocycles. The maximum atomic E-state index is 13.0. The van der Waals surface area contributed by atoms with Gasteiger partial charge in [0, 0.05) is 23.8 Å². The average molecular weight is 287 g/mol. The number of nitrogens with zero attached hydrogens (tertiary/aromatic N) is 1. The van der Waals surface area contributed by atoms with Gasteiger partial charge in [0.15, 0.2) is 16.8 Å². The standard InChI is InChI=1S/C11H11F2N3S2/c1-5(10(14)17)4-18-11-15-8-2-6(12)7(13)3-9(8)16-11/h2-3,5H,4H2,1H3,(H2,14,17)(H,15,16). The molecule has 0 fully saturated rings. The van der Waals surface area contributed by atoms with Crippen molar-refractivity contribution in [1.29, 1.82) is 0 Å². The minimum Gasteiger partial charge on any atom is -0.393 e. The van der Waals surface area contributed by atoms with Gasteiger partial charge in [0.1, 0.15) is 0 Å². The number of halogens is 2. The van der Waals surface area contributed by atoms with E-state index < -0.39 is 11.6 Å². The van der Waals surface area contributed by atoms with Crippen molar-refractivity contribution >= 4 is 40.0 Å². The van der Waals surface area contributed by atoms with E-state index in [9.17, 15) is 8.78 Å². The Balaban J connectivity index is 2.18. The van der Waals surface area contributed by atoms with Gasteiger partial charge in [-0.1, -0.05) is 30.9 Å². The van der Waals surface area contributed by atoms with Gasteiger partial charge in [-0.15, -0.1) is 0 Å². The van der Waals surface area contributed by atoms with E-state index in [4.69, 9.17) is 18.0 Å². The molecule has 7 heteroatoms. The number of hydrogen-bond donors (Lipinski definition) is 2. The number of benzene rings is 1. The molecule has 1 unspecified atom stereocenters. The van der Waals surface area contributed by atoms with E-state index in [0.29, 0.717) is 26.9 Å². The molecule has 18 heavy (non-hydrogen) atoms. The Labute approximate surface area is 112 Å². The molecule has 2 aromatic rings. The van der Waals surface area contributed by atoms with Crippen LogP contribution in [0.4, 0.5) is 8.78 Å². The summed E-state index contributed by atoms with van der Waals surface area (Å²) in [4.78, 5) is 7.52. The maximum absolute atomic E-state index is 13.0. The molecule has 0 spiro atoms. The highest BCUT2D eigenvalue weighted by Gasteiger charge is 2.11. The van der Waals surface area contributed by atoms with Crippen molar-refractivity contribution in [3.8, 4) is 0 Å². The first-order valence-corrected chi connectivity index (χ1v) is 6.63. The minimum absolute atomic E-state index is 0.0756. The molecule has 3 nitrogen and oxygen atoms in total. The summed E-state index contributed by atoms with van der Waals surface area (Å²) in [7, 11) is 0. The molecular formula is C11H11F2N3S2. The second-order valence-electron chi connectivity index (χ2n) is 3.94. The third-order valence-electron chi connectivity index (χ3n) is 2.46. The Morgan fingerprint density at radius 1 is 1.50 bits per heavy atom. The number of nitrogens with two attached hydrogens (primary N) is 1. The number of rotatable bonds is 4. The highest BCUT2D eigenvalue weighted by Crippen LogP contribution is 2.23. The maximum Gasteiger partial charge on any atom is 0.166 e. The Hall–Kier alpha value is -1.21. The SMILES string of the molecule is CC(CSc1nc2cc(F)c(F)cc2[nH]1)C(N)=S. The molecule has 2 rings (SSSR count). The fourth-order valence-electron chi connectivity index (χ4n) is 1.34. The molecule has 0 bridgehead atoms. The fraction of sp³-hybridized carbons (Fsp3) is 0.273. The lowest BCUT2D eigenvalue weighted by atomic mass is 10.2. The van der Waals surface area contributed by atoms with E-state index in [2.05, 4.69) is 9.97 Å². The molecule has 0 aliphatic rings. The van der Waals surface area contributed by atoms with Gasteiger partial charge in [0.05, 0.1) is 16.0 Å². The van der Waals surface area contributed by atoms with Crippen LogP contribution in [0.1, 0.15) is 6.92 Å². The van der Waals surface area contributed by atoms with Crippen molar-refractivity contribution in [3.63, 3.8) is 0 Å². The third-order valence-corrected chi connectivity index (χ3v) is 3.99. The van der Waals surface area contributed by atoms with E-state index in [1.165, 1.54) is 11.8 Å².